The first-order chi connectivity index (χ1) is 8.72. The molecule has 1 saturated heterocycles. The summed E-state index contributed by atoms with van der Waals surface area (Å²) in [5.41, 5.74) is 10.4. The van der Waals surface area contributed by atoms with Gasteiger partial charge in [-0.05, 0) is 19.3 Å². The summed E-state index contributed by atoms with van der Waals surface area (Å²) < 4.78 is 0. The number of nitrogens with one attached hydrogen (secondary N) is 2. The van der Waals surface area contributed by atoms with Gasteiger partial charge in [0, 0.05) is 13.1 Å². The molecule has 0 spiro atoms. The molecule has 0 radical (unpaired) electrons. The number of piperidine rings is 1. The number of aryl methyl sites for hydroxylation is 1. The van der Waals surface area contributed by atoms with E-state index < -0.39 is 0 Å². The Balaban J connectivity index is 1.99. The second kappa shape index (κ2) is 5.86. The van der Waals surface area contributed by atoms with E-state index in [1.165, 1.54) is 6.42 Å². The number of carbonyl (C=O) groups is 1. The average molecular weight is 251 g/mol. The number of carbonyl (C=O) groups excluding carboxylic acids is 1. The number of hydrogen-bond donors (Lipinski definition) is 3. The van der Waals surface area contributed by atoms with Crippen molar-refractivity contribution in [2.45, 2.75) is 39.0 Å². The Morgan fingerprint density at radius 2 is 2.17 bits per heavy atom. The maximum atomic E-state index is 12.0. The Morgan fingerprint density at radius 1 is 1.44 bits per heavy atom. The number of hydrazine groups is 1. The van der Waals surface area contributed by atoms with E-state index in [2.05, 4.69) is 22.5 Å². The lowest BCUT2D eigenvalue weighted by molar-refractivity contribution is 0.0745. The van der Waals surface area contributed by atoms with E-state index in [9.17, 15) is 4.79 Å². The molecule has 6 nitrogen and oxygen atoms in total. The minimum atomic E-state index is -0.215. The van der Waals surface area contributed by atoms with Crippen LogP contribution >= 0.6 is 0 Å². The monoisotopic (exact) mass is 251 g/mol. The fourth-order valence-corrected chi connectivity index (χ4v) is 2.20. The van der Waals surface area contributed by atoms with E-state index in [-0.39, 0.29) is 5.91 Å². The van der Waals surface area contributed by atoms with E-state index >= 15 is 0 Å². The molecule has 6 heteroatoms. The van der Waals surface area contributed by atoms with Gasteiger partial charge in [-0.25, -0.2) is 5.01 Å². The van der Waals surface area contributed by atoms with Gasteiger partial charge in [-0.1, -0.05) is 19.8 Å². The highest BCUT2D eigenvalue weighted by Gasteiger charge is 2.19. The van der Waals surface area contributed by atoms with Crippen molar-refractivity contribution in [3.63, 3.8) is 0 Å². The quantitative estimate of drug-likeness (QED) is 0.747. The first kappa shape index (κ1) is 12.9. The van der Waals surface area contributed by atoms with Crippen LogP contribution in [0.5, 0.6) is 0 Å². The van der Waals surface area contributed by atoms with Crippen LogP contribution in [0.4, 0.5) is 5.69 Å². The van der Waals surface area contributed by atoms with Gasteiger partial charge in [0.25, 0.3) is 5.91 Å². The zero-order chi connectivity index (χ0) is 13.0. The Hall–Kier alpha value is -1.56. The van der Waals surface area contributed by atoms with Crippen LogP contribution in [0.25, 0.3) is 0 Å². The van der Waals surface area contributed by atoms with Gasteiger partial charge in [0.2, 0.25) is 0 Å². The van der Waals surface area contributed by atoms with Gasteiger partial charge in [-0.15, -0.1) is 0 Å². The third kappa shape index (κ3) is 2.81. The number of anilines is 1. The highest BCUT2D eigenvalue weighted by molar-refractivity contribution is 5.97. The zero-order valence-corrected chi connectivity index (χ0v) is 10.8. The van der Waals surface area contributed by atoms with Gasteiger partial charge in [0.15, 0.2) is 5.69 Å². The molecular formula is C12H21N5O. The lowest BCUT2D eigenvalue weighted by Crippen LogP contribution is -2.45. The molecule has 1 amide bonds. The van der Waals surface area contributed by atoms with Crippen LogP contribution < -0.4 is 11.2 Å². The molecule has 0 unspecified atom stereocenters. The van der Waals surface area contributed by atoms with Crippen LogP contribution in [0.1, 0.15) is 48.8 Å². The highest BCUT2D eigenvalue weighted by Crippen LogP contribution is 2.16. The van der Waals surface area contributed by atoms with Crippen LogP contribution in [0.3, 0.4) is 0 Å². The molecular weight excluding hydrogens is 230 g/mol. The summed E-state index contributed by atoms with van der Waals surface area (Å²) in [6.07, 6.45) is 5.27. The number of nitrogens with two attached hydrogens (primary N) is 1. The van der Waals surface area contributed by atoms with Crippen molar-refractivity contribution in [1.29, 1.82) is 0 Å². The van der Waals surface area contributed by atoms with Crippen LogP contribution in [0.15, 0.2) is 0 Å². The van der Waals surface area contributed by atoms with Crippen molar-refractivity contribution < 1.29 is 4.79 Å². The van der Waals surface area contributed by atoms with Crippen molar-refractivity contribution >= 4 is 11.6 Å². The predicted molar refractivity (Wildman–Crippen MR) is 69.9 cm³/mol. The second-order valence-corrected chi connectivity index (χ2v) is 4.70. The van der Waals surface area contributed by atoms with Crippen LogP contribution in [-0.2, 0) is 6.42 Å². The summed E-state index contributed by atoms with van der Waals surface area (Å²) in [7, 11) is 0. The van der Waals surface area contributed by atoms with Gasteiger partial charge in [0.05, 0.1) is 11.4 Å². The summed E-state index contributed by atoms with van der Waals surface area (Å²) in [5.74, 6) is -0.215. The molecule has 0 saturated carbocycles. The first-order valence-electron chi connectivity index (χ1n) is 6.61. The number of aromatic nitrogens is 2. The average Bonchev–Trinajstić information content (AvgIpc) is 2.73. The lowest BCUT2D eigenvalue weighted by Gasteiger charge is -2.26. The summed E-state index contributed by atoms with van der Waals surface area (Å²) in [6, 6.07) is 0. The van der Waals surface area contributed by atoms with E-state index in [0.29, 0.717) is 11.4 Å². The van der Waals surface area contributed by atoms with Gasteiger partial charge >= 0.3 is 0 Å². The van der Waals surface area contributed by atoms with E-state index in [1.54, 1.807) is 0 Å². The third-order valence-electron chi connectivity index (χ3n) is 3.21. The van der Waals surface area contributed by atoms with E-state index in [0.717, 1.165) is 44.5 Å². The van der Waals surface area contributed by atoms with Crippen molar-refractivity contribution in [1.82, 2.24) is 20.6 Å². The number of H-pyrrole nitrogens is 1. The molecule has 0 aliphatic carbocycles. The van der Waals surface area contributed by atoms with Gasteiger partial charge < -0.3 is 5.73 Å². The largest absolute Gasteiger partial charge is 0.395 e. The molecule has 1 aromatic heterocycles. The number of aromatic amines is 1. The molecule has 18 heavy (non-hydrogen) atoms. The smallest absolute Gasteiger partial charge is 0.288 e. The Morgan fingerprint density at radius 3 is 2.83 bits per heavy atom. The minimum Gasteiger partial charge on any atom is -0.395 e. The highest BCUT2D eigenvalue weighted by atomic mass is 16.2. The molecule has 2 heterocycles. The van der Waals surface area contributed by atoms with Crippen LogP contribution in [0.2, 0.25) is 0 Å². The summed E-state index contributed by atoms with van der Waals surface area (Å²) in [5, 5.41) is 8.79. The lowest BCUT2D eigenvalue weighted by atomic mass is 10.2. The summed E-state index contributed by atoms with van der Waals surface area (Å²) in [6.45, 7) is 3.86. The van der Waals surface area contributed by atoms with Gasteiger partial charge in [-0.3, -0.25) is 15.3 Å². The number of nitrogens with zero attached hydrogens (tertiary/aromatic N) is 2. The molecule has 1 aromatic rings. The SMILES string of the molecule is CCCc1[nH]nc(C(=O)NN2CCCCC2)c1N. The maximum Gasteiger partial charge on any atom is 0.288 e. The molecule has 0 aromatic carbocycles. The van der Waals surface area contributed by atoms with E-state index in [1.807, 2.05) is 5.01 Å². The third-order valence-corrected chi connectivity index (χ3v) is 3.21. The fraction of sp³-hybridized carbons (Fsp3) is 0.667. The predicted octanol–water partition coefficient (Wildman–Crippen LogP) is 1.08. The minimum absolute atomic E-state index is 0.215. The normalized spacial score (nSPS) is 16.7. The molecule has 100 valence electrons. The molecule has 1 fully saturated rings. The summed E-state index contributed by atoms with van der Waals surface area (Å²) >= 11 is 0. The van der Waals surface area contributed by atoms with E-state index in [4.69, 9.17) is 5.73 Å². The Bertz CT molecular complexity index is 409. The molecule has 0 atom stereocenters. The Kier molecular flexibility index (Phi) is 4.19. The first-order valence-corrected chi connectivity index (χ1v) is 6.61. The summed E-state index contributed by atoms with van der Waals surface area (Å²) in [4.78, 5) is 12.0. The number of nitrogen functional groups attached to an aromatic ring is 1. The molecule has 0 bridgehead atoms. The molecule has 1 aliphatic heterocycles. The van der Waals surface area contributed by atoms with Crippen molar-refractivity contribution in [2.75, 3.05) is 18.8 Å². The second-order valence-electron chi connectivity index (χ2n) is 4.70. The molecule has 1 aliphatic rings. The topological polar surface area (TPSA) is 87.0 Å². The zero-order valence-electron chi connectivity index (χ0n) is 10.8. The Labute approximate surface area is 107 Å². The van der Waals surface area contributed by atoms with Crippen LogP contribution in [0, 0.1) is 0 Å². The van der Waals surface area contributed by atoms with Gasteiger partial charge in [0.1, 0.15) is 0 Å². The molecule has 4 N–H and O–H groups in total. The van der Waals surface area contributed by atoms with Crippen molar-refractivity contribution in [3.8, 4) is 0 Å². The van der Waals surface area contributed by atoms with Crippen molar-refractivity contribution in [3.05, 3.63) is 11.4 Å². The number of hydrogen-bond acceptors (Lipinski definition) is 4. The number of rotatable bonds is 4. The maximum absolute atomic E-state index is 12.0. The number of amides is 1. The van der Waals surface area contributed by atoms with Gasteiger partial charge in [-0.2, -0.15) is 5.10 Å². The van der Waals surface area contributed by atoms with Crippen molar-refractivity contribution in [2.24, 2.45) is 0 Å². The standard InChI is InChI=1S/C12H21N5O/c1-2-6-9-10(13)11(15-14-9)12(18)16-17-7-4-3-5-8-17/h2-8,13H2,1H3,(H,14,15)(H,16,18). The fourth-order valence-electron chi connectivity index (χ4n) is 2.20. The van der Waals surface area contributed by atoms with Crippen LogP contribution in [-0.4, -0.2) is 34.2 Å². The molecule has 2 rings (SSSR count).